The zero-order valence-electron chi connectivity index (χ0n) is 14.4. The summed E-state index contributed by atoms with van der Waals surface area (Å²) in [4.78, 5) is 17.2. The molecule has 2 rings (SSSR count). The monoisotopic (exact) mass is 389 g/mol. The number of hydrogen-bond donors (Lipinski definition) is 1. The van der Waals surface area contributed by atoms with E-state index in [1.54, 1.807) is 6.07 Å². The lowest BCUT2D eigenvalue weighted by Gasteiger charge is -2.08. The van der Waals surface area contributed by atoms with Crippen LogP contribution >= 0.6 is 23.2 Å². The Labute approximate surface area is 156 Å². The van der Waals surface area contributed by atoms with E-state index >= 15 is 0 Å². The van der Waals surface area contributed by atoms with Gasteiger partial charge in [0.25, 0.3) is 5.91 Å². The molecule has 136 valence electrons. The van der Waals surface area contributed by atoms with Gasteiger partial charge in [0.2, 0.25) is 6.20 Å². The van der Waals surface area contributed by atoms with Crippen molar-refractivity contribution in [2.24, 2.45) is 0 Å². The molecule has 25 heavy (non-hydrogen) atoms. The van der Waals surface area contributed by atoms with Crippen LogP contribution in [0.1, 0.15) is 29.8 Å². The highest BCUT2D eigenvalue weighted by atomic mass is 35.5. The fourth-order valence-corrected chi connectivity index (χ4v) is 2.52. The Hall–Kier alpha value is -2.05. The molecule has 0 spiro atoms. The van der Waals surface area contributed by atoms with Gasteiger partial charge in [-0.1, -0.05) is 31.5 Å². The lowest BCUT2D eigenvalue weighted by molar-refractivity contribution is -0.883. The SMILES string of the molecule is CC.COc1ccc(CNC(=O)c2c(Cl)cc[n+](OC)c2Cl)cc1F. The van der Waals surface area contributed by atoms with Gasteiger partial charge >= 0.3 is 5.15 Å². The number of halogens is 3. The molecule has 1 aromatic carbocycles. The smallest absolute Gasteiger partial charge is 0.339 e. The molecule has 1 heterocycles. The molecule has 0 fully saturated rings. The van der Waals surface area contributed by atoms with E-state index in [0.717, 1.165) is 0 Å². The van der Waals surface area contributed by atoms with Gasteiger partial charge in [0.05, 0.1) is 12.1 Å². The molecule has 1 aromatic heterocycles. The summed E-state index contributed by atoms with van der Waals surface area (Å²) in [7, 11) is 2.78. The Morgan fingerprint density at radius 2 is 1.92 bits per heavy atom. The Morgan fingerprint density at radius 3 is 2.48 bits per heavy atom. The van der Waals surface area contributed by atoms with Crippen molar-refractivity contribution in [2.75, 3.05) is 14.2 Å². The van der Waals surface area contributed by atoms with Crippen LogP contribution in [-0.4, -0.2) is 20.1 Å². The van der Waals surface area contributed by atoms with Crippen molar-refractivity contribution in [3.63, 3.8) is 0 Å². The van der Waals surface area contributed by atoms with Crippen molar-refractivity contribution in [3.8, 4) is 5.75 Å². The van der Waals surface area contributed by atoms with E-state index in [9.17, 15) is 9.18 Å². The summed E-state index contributed by atoms with van der Waals surface area (Å²) in [5.41, 5.74) is 0.645. The molecule has 2 aromatic rings. The molecule has 1 N–H and O–H groups in total. The molecule has 0 bridgehead atoms. The average Bonchev–Trinajstić information content (AvgIpc) is 2.62. The summed E-state index contributed by atoms with van der Waals surface area (Å²) in [6, 6.07) is 5.89. The van der Waals surface area contributed by atoms with Gasteiger partial charge in [-0.25, -0.2) is 4.39 Å². The van der Waals surface area contributed by atoms with Crippen LogP contribution < -0.4 is 19.6 Å². The molecule has 1 amide bonds. The first kappa shape index (κ1) is 21.0. The molecule has 5 nitrogen and oxygen atoms in total. The lowest BCUT2D eigenvalue weighted by atomic mass is 10.2. The van der Waals surface area contributed by atoms with Crippen molar-refractivity contribution in [1.82, 2.24) is 5.32 Å². The number of ether oxygens (including phenoxy) is 1. The normalized spacial score (nSPS) is 9.72. The second kappa shape index (κ2) is 10.1. The summed E-state index contributed by atoms with van der Waals surface area (Å²) < 4.78 is 19.7. The van der Waals surface area contributed by atoms with Crippen LogP contribution in [0.3, 0.4) is 0 Å². The molecule has 0 aliphatic heterocycles. The minimum absolute atomic E-state index is 0.0402. The number of rotatable bonds is 5. The van der Waals surface area contributed by atoms with Crippen molar-refractivity contribution in [3.05, 3.63) is 57.6 Å². The molecule has 0 atom stereocenters. The van der Waals surface area contributed by atoms with Crippen LogP contribution in [0.15, 0.2) is 30.5 Å². The minimum atomic E-state index is -0.507. The standard InChI is InChI=1S/C15H13Cl2FN2O3.C2H6/c1-22-12-4-3-9(7-11(12)18)8-19-15(21)13-10(16)5-6-20(23-2)14(13)17;1-2/h3-7H,8H2,1-2H3;1-2H3/p+1. The molecule has 0 saturated carbocycles. The third kappa shape index (κ3) is 5.21. The topological polar surface area (TPSA) is 51.4 Å². The number of aromatic nitrogens is 1. The summed E-state index contributed by atoms with van der Waals surface area (Å²) >= 11 is 12.1. The molecule has 8 heteroatoms. The Balaban J connectivity index is 0.00000151. The second-order valence-electron chi connectivity index (χ2n) is 4.49. The number of nitrogens with zero attached hydrogens (tertiary/aromatic N) is 1. The number of pyridine rings is 1. The predicted octanol–water partition coefficient (Wildman–Crippen LogP) is 3.44. The predicted molar refractivity (Wildman–Crippen MR) is 94.6 cm³/mol. The van der Waals surface area contributed by atoms with E-state index in [4.69, 9.17) is 32.8 Å². The van der Waals surface area contributed by atoms with E-state index in [1.807, 2.05) is 13.8 Å². The first-order chi connectivity index (χ1) is 12.0. The van der Waals surface area contributed by atoms with Gasteiger partial charge in [0, 0.05) is 17.3 Å². The van der Waals surface area contributed by atoms with Crippen LogP contribution in [0.4, 0.5) is 4.39 Å². The van der Waals surface area contributed by atoms with Gasteiger partial charge in [-0.2, -0.15) is 0 Å². The van der Waals surface area contributed by atoms with Crippen LogP contribution in [-0.2, 0) is 6.54 Å². The number of nitrogens with one attached hydrogen (secondary N) is 1. The number of hydrogen-bond acceptors (Lipinski definition) is 3. The number of carbonyl (C=O) groups is 1. The highest BCUT2D eigenvalue weighted by molar-refractivity contribution is 6.38. The van der Waals surface area contributed by atoms with Gasteiger partial charge in [0.15, 0.2) is 11.6 Å². The maximum atomic E-state index is 13.6. The molecule has 0 aliphatic carbocycles. The zero-order chi connectivity index (χ0) is 19.0. The third-order valence-corrected chi connectivity index (χ3v) is 3.76. The number of carbonyl (C=O) groups excluding carboxylic acids is 1. The highest BCUT2D eigenvalue weighted by Crippen LogP contribution is 2.21. The Kier molecular flexibility index (Phi) is 8.45. The van der Waals surface area contributed by atoms with Crippen molar-refractivity contribution >= 4 is 29.1 Å². The van der Waals surface area contributed by atoms with Crippen molar-refractivity contribution in [1.29, 1.82) is 0 Å². The largest absolute Gasteiger partial charge is 0.494 e. The average molecular weight is 390 g/mol. The van der Waals surface area contributed by atoms with Crippen LogP contribution in [0, 0.1) is 5.82 Å². The second-order valence-corrected chi connectivity index (χ2v) is 5.25. The summed E-state index contributed by atoms with van der Waals surface area (Å²) in [5, 5.41) is 2.85. The van der Waals surface area contributed by atoms with Gasteiger partial charge < -0.3 is 10.1 Å². The van der Waals surface area contributed by atoms with E-state index in [1.165, 1.54) is 43.3 Å². The summed E-state index contributed by atoms with van der Waals surface area (Å²) in [6.45, 7) is 4.11. The fraction of sp³-hybridized carbons (Fsp3) is 0.294. The van der Waals surface area contributed by atoms with Crippen molar-refractivity contribution in [2.45, 2.75) is 20.4 Å². The minimum Gasteiger partial charge on any atom is -0.494 e. The summed E-state index contributed by atoms with van der Waals surface area (Å²) in [6.07, 6.45) is 1.49. The molecular formula is C17H20Cl2FN2O3+. The van der Waals surface area contributed by atoms with E-state index in [0.29, 0.717) is 5.56 Å². The molecule has 0 radical (unpaired) electrons. The number of benzene rings is 1. The number of methoxy groups -OCH3 is 1. The van der Waals surface area contributed by atoms with Gasteiger partial charge in [0.1, 0.15) is 12.7 Å². The number of amides is 1. The molecular weight excluding hydrogens is 370 g/mol. The van der Waals surface area contributed by atoms with Crippen molar-refractivity contribution < 1.29 is 23.5 Å². The van der Waals surface area contributed by atoms with Gasteiger partial charge in [-0.05, 0) is 29.3 Å². The molecule has 0 unspecified atom stereocenters. The lowest BCUT2D eigenvalue weighted by Crippen LogP contribution is -2.43. The van der Waals surface area contributed by atoms with Crippen LogP contribution in [0.5, 0.6) is 5.75 Å². The fourth-order valence-electron chi connectivity index (χ4n) is 1.92. The van der Waals surface area contributed by atoms with Gasteiger partial charge in [-0.15, -0.1) is 0 Å². The molecule has 0 saturated heterocycles. The highest BCUT2D eigenvalue weighted by Gasteiger charge is 2.25. The first-order valence-electron chi connectivity index (χ1n) is 7.52. The molecule has 0 aliphatic rings. The van der Waals surface area contributed by atoms with E-state index in [2.05, 4.69) is 5.32 Å². The van der Waals surface area contributed by atoms with Crippen LogP contribution in [0.2, 0.25) is 10.2 Å². The van der Waals surface area contributed by atoms with Crippen LogP contribution in [0.25, 0.3) is 0 Å². The van der Waals surface area contributed by atoms with E-state index in [-0.39, 0.29) is 28.0 Å². The summed E-state index contributed by atoms with van der Waals surface area (Å²) in [5.74, 6) is -0.870. The maximum Gasteiger partial charge on any atom is 0.339 e. The van der Waals surface area contributed by atoms with E-state index < -0.39 is 11.7 Å². The first-order valence-corrected chi connectivity index (χ1v) is 8.28. The Morgan fingerprint density at radius 1 is 1.24 bits per heavy atom. The third-order valence-electron chi connectivity index (χ3n) is 3.09. The quantitative estimate of drug-likeness (QED) is 0.629. The zero-order valence-corrected chi connectivity index (χ0v) is 15.9. The van der Waals surface area contributed by atoms with Gasteiger partial charge in [-0.3, -0.25) is 9.63 Å². The maximum absolute atomic E-state index is 13.6. The Bertz CT molecular complexity index is 742.